The zero-order chi connectivity index (χ0) is 14.8. The lowest BCUT2D eigenvalue weighted by atomic mass is 9.99. The molecule has 20 heavy (non-hydrogen) atoms. The van der Waals surface area contributed by atoms with Gasteiger partial charge in [0.2, 0.25) is 0 Å². The molecule has 0 spiro atoms. The number of carbonyl (C=O) groups is 1. The second-order valence-electron chi connectivity index (χ2n) is 5.75. The highest BCUT2D eigenvalue weighted by Gasteiger charge is 2.42. The largest absolute Gasteiger partial charge is 0.483 e. The molecule has 0 bridgehead atoms. The molecule has 1 unspecified atom stereocenters. The van der Waals surface area contributed by atoms with E-state index < -0.39 is 11.6 Å². The number of ether oxygens (including phenoxy) is 1. The molecule has 0 saturated carbocycles. The smallest absolute Gasteiger partial charge is 0.261 e. The summed E-state index contributed by atoms with van der Waals surface area (Å²) in [7, 11) is 0. The summed E-state index contributed by atoms with van der Waals surface area (Å²) in [6.07, 6.45) is 1.04. The first kappa shape index (κ1) is 14.9. The molecule has 1 atom stereocenters. The molecule has 1 N–H and O–H groups in total. The van der Waals surface area contributed by atoms with Gasteiger partial charge in [0.1, 0.15) is 5.75 Å². The molecule has 1 aromatic rings. The van der Waals surface area contributed by atoms with Gasteiger partial charge in [-0.05, 0) is 38.3 Å². The fourth-order valence-corrected chi connectivity index (χ4v) is 2.67. The minimum absolute atomic E-state index is 0.0210. The molecule has 1 amide bonds. The number of hydrogen-bond donors (Lipinski definition) is 1. The lowest BCUT2D eigenvalue weighted by Gasteiger charge is -2.33. The van der Waals surface area contributed by atoms with Gasteiger partial charge < -0.3 is 14.7 Å². The second kappa shape index (κ2) is 5.83. The highest BCUT2D eigenvalue weighted by Crippen LogP contribution is 2.29. The molecule has 0 aliphatic carbocycles. The van der Waals surface area contributed by atoms with E-state index in [0.717, 1.165) is 17.7 Å². The van der Waals surface area contributed by atoms with Crippen LogP contribution in [0.15, 0.2) is 24.3 Å². The minimum atomic E-state index is -0.509. The molecule has 0 radical (unpaired) electrons. The summed E-state index contributed by atoms with van der Waals surface area (Å²) in [5.41, 5.74) is 0.589. The number of rotatable bonds is 4. The van der Waals surface area contributed by atoms with Gasteiger partial charge in [-0.3, -0.25) is 4.79 Å². The predicted octanol–water partition coefficient (Wildman–Crippen LogP) is 2.00. The Balaban J connectivity index is 1.99. The van der Waals surface area contributed by atoms with E-state index in [9.17, 15) is 9.90 Å². The van der Waals surface area contributed by atoms with Gasteiger partial charge in [0.15, 0.2) is 6.61 Å². The first-order valence-corrected chi connectivity index (χ1v) is 7.16. The Hall–Kier alpha value is -1.55. The molecule has 1 saturated heterocycles. The zero-order valence-electron chi connectivity index (χ0n) is 12.4. The predicted molar refractivity (Wildman–Crippen MR) is 77.7 cm³/mol. The molecule has 1 aliphatic rings. The number of aryl methyl sites for hydroxylation is 1. The molecule has 1 heterocycles. The van der Waals surface area contributed by atoms with Crippen LogP contribution in [-0.4, -0.2) is 40.7 Å². The summed E-state index contributed by atoms with van der Waals surface area (Å²) in [6, 6.07) is 7.76. The molecule has 1 aliphatic heterocycles. The molecule has 1 aromatic carbocycles. The molecule has 4 nitrogen and oxygen atoms in total. The Labute approximate surface area is 120 Å². The number of amides is 1. The maximum absolute atomic E-state index is 12.3. The average molecular weight is 277 g/mol. The fraction of sp³-hybridized carbons (Fsp3) is 0.562. The van der Waals surface area contributed by atoms with Gasteiger partial charge in [-0.15, -0.1) is 0 Å². The lowest BCUT2D eigenvalue weighted by molar-refractivity contribution is -0.138. The van der Waals surface area contributed by atoms with Crippen molar-refractivity contribution < 1.29 is 14.6 Å². The number of likely N-dealkylation sites (tertiary alicyclic amines) is 1. The van der Waals surface area contributed by atoms with E-state index in [-0.39, 0.29) is 12.5 Å². The van der Waals surface area contributed by atoms with Gasteiger partial charge in [0.05, 0.1) is 11.6 Å². The van der Waals surface area contributed by atoms with Crippen LogP contribution in [0.4, 0.5) is 0 Å². The van der Waals surface area contributed by atoms with Gasteiger partial charge >= 0.3 is 0 Å². The number of nitrogens with zero attached hydrogens (tertiary/aromatic N) is 1. The third-order valence-electron chi connectivity index (χ3n) is 4.14. The quantitative estimate of drug-likeness (QED) is 0.915. The van der Waals surface area contributed by atoms with E-state index in [1.54, 1.807) is 4.90 Å². The molecule has 1 fully saturated rings. The molecular formula is C16H23NO3. The number of aliphatic hydroxyl groups is 1. The number of benzene rings is 1. The monoisotopic (exact) mass is 277 g/mol. The number of carbonyl (C=O) groups excluding carboxylic acids is 1. The normalized spacial score (nSPS) is 21.0. The molecule has 4 heteroatoms. The standard InChI is InChI=1S/C16H23NO3/c1-4-12-7-5-6-8-13(12)20-11-15(19)17-10-9-14(18)16(17,2)3/h5-8,14,18H,4,9-11H2,1-3H3. The fourth-order valence-electron chi connectivity index (χ4n) is 2.67. The Kier molecular flexibility index (Phi) is 4.33. The first-order chi connectivity index (χ1) is 9.46. The van der Waals surface area contributed by atoms with Crippen molar-refractivity contribution in [2.24, 2.45) is 0 Å². The highest BCUT2D eigenvalue weighted by molar-refractivity contribution is 5.79. The van der Waals surface area contributed by atoms with Gasteiger partial charge in [0, 0.05) is 6.54 Å². The van der Waals surface area contributed by atoms with Crippen LogP contribution >= 0.6 is 0 Å². The Morgan fingerprint density at radius 1 is 1.45 bits per heavy atom. The molecular weight excluding hydrogens is 254 g/mol. The van der Waals surface area contributed by atoms with Gasteiger partial charge in [0.25, 0.3) is 5.91 Å². The lowest BCUT2D eigenvalue weighted by Crippen LogP contribution is -2.49. The zero-order valence-corrected chi connectivity index (χ0v) is 12.4. The summed E-state index contributed by atoms with van der Waals surface area (Å²) in [6.45, 7) is 6.45. The third kappa shape index (κ3) is 2.80. The van der Waals surface area contributed by atoms with E-state index >= 15 is 0 Å². The second-order valence-corrected chi connectivity index (χ2v) is 5.75. The van der Waals surface area contributed by atoms with E-state index in [0.29, 0.717) is 13.0 Å². The summed E-state index contributed by atoms with van der Waals surface area (Å²) in [5, 5.41) is 9.91. The van der Waals surface area contributed by atoms with Crippen molar-refractivity contribution >= 4 is 5.91 Å². The summed E-state index contributed by atoms with van der Waals surface area (Å²) in [4.78, 5) is 14.0. The average Bonchev–Trinajstić information content (AvgIpc) is 2.71. The van der Waals surface area contributed by atoms with E-state index in [1.165, 1.54) is 0 Å². The first-order valence-electron chi connectivity index (χ1n) is 7.16. The molecule has 0 aromatic heterocycles. The van der Waals surface area contributed by atoms with Crippen molar-refractivity contribution in [2.75, 3.05) is 13.2 Å². The van der Waals surface area contributed by atoms with Crippen molar-refractivity contribution in [3.8, 4) is 5.75 Å². The summed E-state index contributed by atoms with van der Waals surface area (Å²) < 4.78 is 5.66. The maximum atomic E-state index is 12.3. The van der Waals surface area contributed by atoms with Gasteiger partial charge in [-0.2, -0.15) is 0 Å². The molecule has 2 rings (SSSR count). The van der Waals surface area contributed by atoms with Crippen molar-refractivity contribution in [1.29, 1.82) is 0 Å². The van der Waals surface area contributed by atoms with Crippen LogP contribution in [0.25, 0.3) is 0 Å². The van der Waals surface area contributed by atoms with E-state index in [4.69, 9.17) is 4.74 Å². The van der Waals surface area contributed by atoms with Crippen molar-refractivity contribution in [3.05, 3.63) is 29.8 Å². The van der Waals surface area contributed by atoms with Crippen molar-refractivity contribution in [1.82, 2.24) is 4.90 Å². The van der Waals surface area contributed by atoms with Crippen LogP contribution in [0.5, 0.6) is 5.75 Å². The number of para-hydroxylation sites is 1. The Bertz CT molecular complexity index is 484. The topological polar surface area (TPSA) is 49.8 Å². The maximum Gasteiger partial charge on any atom is 0.261 e. The highest BCUT2D eigenvalue weighted by atomic mass is 16.5. The van der Waals surface area contributed by atoms with Crippen LogP contribution in [-0.2, 0) is 11.2 Å². The van der Waals surface area contributed by atoms with E-state index in [2.05, 4.69) is 6.92 Å². The number of aliphatic hydroxyl groups excluding tert-OH is 1. The summed E-state index contributed by atoms with van der Waals surface area (Å²) in [5.74, 6) is 0.693. The minimum Gasteiger partial charge on any atom is -0.483 e. The number of hydrogen-bond acceptors (Lipinski definition) is 3. The summed E-state index contributed by atoms with van der Waals surface area (Å²) >= 11 is 0. The Morgan fingerprint density at radius 3 is 2.75 bits per heavy atom. The SMILES string of the molecule is CCc1ccccc1OCC(=O)N1CCC(O)C1(C)C. The van der Waals surface area contributed by atoms with Crippen molar-refractivity contribution in [3.63, 3.8) is 0 Å². The van der Waals surface area contributed by atoms with Gasteiger partial charge in [-0.1, -0.05) is 25.1 Å². The van der Waals surface area contributed by atoms with Crippen LogP contribution in [0.3, 0.4) is 0 Å². The molecule has 110 valence electrons. The van der Waals surface area contributed by atoms with Crippen molar-refractivity contribution in [2.45, 2.75) is 45.3 Å². The third-order valence-corrected chi connectivity index (χ3v) is 4.14. The van der Waals surface area contributed by atoms with Crippen LogP contribution in [0, 0.1) is 0 Å². The van der Waals surface area contributed by atoms with Crippen LogP contribution in [0.1, 0.15) is 32.8 Å². The Morgan fingerprint density at radius 2 is 2.15 bits per heavy atom. The van der Waals surface area contributed by atoms with E-state index in [1.807, 2.05) is 38.1 Å². The van der Waals surface area contributed by atoms with Gasteiger partial charge in [-0.25, -0.2) is 0 Å². The van der Waals surface area contributed by atoms with Crippen LogP contribution < -0.4 is 4.74 Å². The van der Waals surface area contributed by atoms with Crippen LogP contribution in [0.2, 0.25) is 0 Å².